The van der Waals surface area contributed by atoms with Gasteiger partial charge >= 0.3 is 0 Å². The van der Waals surface area contributed by atoms with E-state index < -0.39 is 0 Å². The number of aromatic nitrogens is 6. The van der Waals surface area contributed by atoms with Crippen LogP contribution in [-0.2, 0) is 5.75 Å². The minimum Gasteiger partial charge on any atom is -0.326 e. The molecule has 0 unspecified atom stereocenters. The van der Waals surface area contributed by atoms with Gasteiger partial charge in [0.05, 0.1) is 11.4 Å². The predicted molar refractivity (Wildman–Crippen MR) is 145 cm³/mol. The third kappa shape index (κ3) is 6.36. The molecule has 0 atom stereocenters. The minimum absolute atomic E-state index is 0.0301. The lowest BCUT2D eigenvalue weighted by molar-refractivity contribution is 0.0977. The van der Waals surface area contributed by atoms with Gasteiger partial charge in [0.2, 0.25) is 17.1 Å². The molecule has 0 aliphatic rings. The van der Waals surface area contributed by atoms with Crippen LogP contribution in [-0.4, -0.2) is 42.0 Å². The second kappa shape index (κ2) is 11.8. The Labute approximate surface area is 221 Å². The van der Waals surface area contributed by atoms with Gasteiger partial charge in [0.15, 0.2) is 0 Å². The highest BCUT2D eigenvalue weighted by Crippen LogP contribution is 2.21. The molecule has 3 aromatic carbocycles. The van der Waals surface area contributed by atoms with E-state index >= 15 is 0 Å². The molecule has 0 spiro atoms. The Morgan fingerprint density at radius 1 is 0.947 bits per heavy atom. The van der Waals surface area contributed by atoms with Crippen molar-refractivity contribution in [3.63, 3.8) is 0 Å². The number of hydrogen-bond donors (Lipinski definition) is 3. The first kappa shape index (κ1) is 24.6. The number of benzene rings is 3. The number of H-pyrrole nitrogens is 1. The number of thioether (sulfide) groups is 1. The van der Waals surface area contributed by atoms with Crippen LogP contribution < -0.4 is 16.2 Å². The smallest absolute Gasteiger partial charge is 0.257 e. The molecule has 3 N–H and O–H groups in total. The topological polar surface area (TPSA) is 143 Å². The summed E-state index contributed by atoms with van der Waals surface area (Å²) in [6.45, 7) is 0. The molecule has 12 heteroatoms. The van der Waals surface area contributed by atoms with Gasteiger partial charge in [-0.1, -0.05) is 66.4 Å². The first-order valence-corrected chi connectivity index (χ1v) is 12.5. The van der Waals surface area contributed by atoms with E-state index in [9.17, 15) is 9.59 Å². The Morgan fingerprint density at radius 2 is 1.63 bits per heavy atom. The second-order valence-corrected chi connectivity index (χ2v) is 8.77. The van der Waals surface area contributed by atoms with Crippen LogP contribution in [0.15, 0.2) is 112 Å². The van der Waals surface area contributed by atoms with Crippen LogP contribution in [0.4, 0.5) is 11.6 Å². The van der Waals surface area contributed by atoms with Crippen molar-refractivity contribution in [1.29, 1.82) is 0 Å². The van der Waals surface area contributed by atoms with Crippen molar-refractivity contribution in [2.75, 3.05) is 5.32 Å². The summed E-state index contributed by atoms with van der Waals surface area (Å²) in [4.78, 5) is 36.7. The van der Waals surface area contributed by atoms with E-state index in [4.69, 9.17) is 0 Å². The molecule has 5 aromatic rings. The maximum atomic E-state index is 12.8. The van der Waals surface area contributed by atoms with Gasteiger partial charge in [-0.05, 0) is 46.8 Å². The zero-order valence-corrected chi connectivity index (χ0v) is 20.7. The summed E-state index contributed by atoms with van der Waals surface area (Å²) in [5, 5.41) is 18.2. The number of guanidine groups is 1. The molecule has 2 aromatic heterocycles. The van der Waals surface area contributed by atoms with Crippen LogP contribution in [0.25, 0.3) is 5.69 Å². The highest BCUT2D eigenvalue weighted by molar-refractivity contribution is 7.98. The molecule has 0 aliphatic heterocycles. The molecule has 5 rings (SSSR count). The molecule has 1 amide bonds. The number of hydrogen-bond acceptors (Lipinski definition) is 8. The van der Waals surface area contributed by atoms with Gasteiger partial charge in [0.25, 0.3) is 11.5 Å². The molecule has 38 heavy (non-hydrogen) atoms. The van der Waals surface area contributed by atoms with E-state index in [2.05, 4.69) is 41.1 Å². The summed E-state index contributed by atoms with van der Waals surface area (Å²) < 4.78 is 1.61. The highest BCUT2D eigenvalue weighted by atomic mass is 32.2. The second-order valence-electron chi connectivity index (χ2n) is 7.83. The van der Waals surface area contributed by atoms with Gasteiger partial charge in [-0.2, -0.15) is 9.67 Å². The van der Waals surface area contributed by atoms with E-state index in [0.29, 0.717) is 27.9 Å². The Bertz CT molecular complexity index is 1600. The molecule has 188 valence electrons. The fraction of sp³-hybridized carbons (Fsp3) is 0.0385. The molecule has 0 aliphatic carbocycles. The van der Waals surface area contributed by atoms with Crippen molar-refractivity contribution >= 4 is 35.3 Å². The largest absolute Gasteiger partial charge is 0.326 e. The number of tetrazole rings is 1. The van der Waals surface area contributed by atoms with Crippen molar-refractivity contribution in [2.24, 2.45) is 4.99 Å². The Hall–Kier alpha value is -5.10. The zero-order valence-electron chi connectivity index (χ0n) is 19.9. The molecule has 0 saturated carbocycles. The van der Waals surface area contributed by atoms with Crippen molar-refractivity contribution in [2.45, 2.75) is 10.9 Å². The highest BCUT2D eigenvalue weighted by Gasteiger charge is 2.13. The number of nitrogens with zero attached hydrogens (tertiary/aromatic N) is 6. The first-order chi connectivity index (χ1) is 18.6. The van der Waals surface area contributed by atoms with Crippen LogP contribution in [0.5, 0.6) is 0 Å². The first-order valence-electron chi connectivity index (χ1n) is 11.5. The normalized spacial score (nSPS) is 11.2. The Kier molecular flexibility index (Phi) is 7.61. The lowest BCUT2D eigenvalue weighted by Gasteiger charge is -2.11. The number of aromatic amines is 1. The lowest BCUT2D eigenvalue weighted by Crippen LogP contribution is -2.36. The van der Waals surface area contributed by atoms with Gasteiger partial charge in [0, 0.05) is 23.1 Å². The average Bonchev–Trinajstić information content (AvgIpc) is 3.42. The lowest BCUT2D eigenvalue weighted by atomic mass is 10.2. The monoisotopic (exact) mass is 523 g/mol. The number of para-hydroxylation sites is 2. The third-order valence-electron chi connectivity index (χ3n) is 5.10. The number of amides is 1. The van der Waals surface area contributed by atoms with E-state index in [0.717, 1.165) is 5.69 Å². The quantitative estimate of drug-likeness (QED) is 0.167. The predicted octanol–water partition coefficient (Wildman–Crippen LogP) is 3.57. The maximum Gasteiger partial charge on any atom is 0.257 e. The van der Waals surface area contributed by atoms with Crippen LogP contribution in [0, 0.1) is 0 Å². The van der Waals surface area contributed by atoms with E-state index in [1.54, 1.807) is 28.9 Å². The van der Waals surface area contributed by atoms with Crippen molar-refractivity contribution in [3.8, 4) is 5.69 Å². The van der Waals surface area contributed by atoms with Crippen molar-refractivity contribution < 1.29 is 4.79 Å². The van der Waals surface area contributed by atoms with E-state index in [-0.39, 0.29) is 23.4 Å². The zero-order chi connectivity index (χ0) is 26.2. The SMILES string of the molecule is O=C(N/C(=N/c1nc(CSc2nnnn2-c2ccccc2)cc(=O)[nH]1)Nc1ccccc1)c1ccccc1. The molecule has 0 saturated heterocycles. The molecule has 0 bridgehead atoms. The summed E-state index contributed by atoms with van der Waals surface area (Å²) >= 11 is 1.33. The number of carbonyl (C=O) groups excluding carboxylic acids is 1. The molecule has 2 heterocycles. The summed E-state index contributed by atoms with van der Waals surface area (Å²) in [7, 11) is 0. The summed E-state index contributed by atoms with van der Waals surface area (Å²) in [6, 6.07) is 28.8. The van der Waals surface area contributed by atoms with Crippen LogP contribution in [0.3, 0.4) is 0 Å². The Morgan fingerprint density at radius 3 is 2.37 bits per heavy atom. The van der Waals surface area contributed by atoms with E-state index in [1.165, 1.54) is 17.8 Å². The third-order valence-corrected chi connectivity index (χ3v) is 6.05. The van der Waals surface area contributed by atoms with Crippen LogP contribution in [0.2, 0.25) is 0 Å². The van der Waals surface area contributed by atoms with Crippen molar-refractivity contribution in [1.82, 2.24) is 35.5 Å². The number of nitrogens with one attached hydrogen (secondary N) is 3. The molecule has 0 fully saturated rings. The number of carbonyl (C=O) groups is 1. The van der Waals surface area contributed by atoms with Gasteiger partial charge in [-0.25, -0.2) is 4.98 Å². The standard InChI is InChI=1S/C26H21N9O2S/c36-22-16-20(17-38-26-32-33-34-35(26)21-14-8-3-9-15-21)28-24(29-22)31-25(27-19-12-6-2-7-13-19)30-23(37)18-10-4-1-5-11-18/h1-16H,17H2,(H3,27,28,29,30,31,36,37). The van der Waals surface area contributed by atoms with Gasteiger partial charge in [-0.15, -0.1) is 5.10 Å². The number of aliphatic imine (C=N–C) groups is 1. The fourth-order valence-corrected chi connectivity index (χ4v) is 4.16. The summed E-state index contributed by atoms with van der Waals surface area (Å²) in [6.07, 6.45) is 0. The molecule has 11 nitrogen and oxygen atoms in total. The summed E-state index contributed by atoms with van der Waals surface area (Å²) in [5.41, 5.74) is 2.05. The Balaban J connectivity index is 1.38. The maximum absolute atomic E-state index is 12.8. The van der Waals surface area contributed by atoms with Crippen LogP contribution in [0.1, 0.15) is 16.1 Å². The molecule has 0 radical (unpaired) electrons. The van der Waals surface area contributed by atoms with Gasteiger partial charge in [0.1, 0.15) is 0 Å². The number of anilines is 1. The van der Waals surface area contributed by atoms with Gasteiger partial charge in [-0.3, -0.25) is 19.9 Å². The van der Waals surface area contributed by atoms with Crippen molar-refractivity contribution in [3.05, 3.63) is 119 Å². The molecular weight excluding hydrogens is 502 g/mol. The fourth-order valence-electron chi connectivity index (χ4n) is 3.38. The van der Waals surface area contributed by atoms with Crippen LogP contribution >= 0.6 is 11.8 Å². The minimum atomic E-state index is -0.384. The average molecular weight is 524 g/mol. The molecular formula is C26H21N9O2S. The summed E-state index contributed by atoms with van der Waals surface area (Å²) in [5.74, 6) is 0.0837. The van der Waals surface area contributed by atoms with E-state index in [1.807, 2.05) is 66.7 Å². The van der Waals surface area contributed by atoms with Gasteiger partial charge < -0.3 is 5.32 Å². The number of rotatable bonds is 7.